The van der Waals surface area contributed by atoms with Crippen LogP contribution in [-0.2, 0) is 0 Å². The van der Waals surface area contributed by atoms with Crippen LogP contribution in [0.3, 0.4) is 0 Å². The molecule has 0 aliphatic heterocycles. The SMILES string of the molecule is c1ccc(-c2cc(-c3ccc(-c4cc(-c5ccc(-c6ccccn6)nc5)cc(-c5ccc(-c6ccccn6)nc5)c4)cc3)c3ccc4cccnc4c3n2)cc1. The molecule has 0 aliphatic carbocycles. The van der Waals surface area contributed by atoms with Gasteiger partial charge in [-0.15, -0.1) is 0 Å². The monoisotopic (exact) mass is 716 g/mol. The molecule has 262 valence electrons. The average Bonchev–Trinajstić information content (AvgIpc) is 3.29. The molecule has 0 fully saturated rings. The predicted molar refractivity (Wildman–Crippen MR) is 226 cm³/mol. The maximum atomic E-state index is 5.17. The molecule has 0 saturated carbocycles. The van der Waals surface area contributed by atoms with Crippen LogP contribution in [0.1, 0.15) is 0 Å². The summed E-state index contributed by atoms with van der Waals surface area (Å²) in [4.78, 5) is 28.5. The van der Waals surface area contributed by atoms with Gasteiger partial charge < -0.3 is 0 Å². The van der Waals surface area contributed by atoms with E-state index in [9.17, 15) is 0 Å². The summed E-state index contributed by atoms with van der Waals surface area (Å²) in [7, 11) is 0. The van der Waals surface area contributed by atoms with E-state index in [4.69, 9.17) is 19.9 Å². The highest BCUT2D eigenvalue weighted by molar-refractivity contribution is 6.09. The molecule has 6 heteroatoms. The van der Waals surface area contributed by atoms with Gasteiger partial charge >= 0.3 is 0 Å². The number of nitrogens with zero attached hydrogens (tertiary/aromatic N) is 6. The average molecular weight is 717 g/mol. The molecule has 0 saturated heterocycles. The number of hydrogen-bond acceptors (Lipinski definition) is 6. The van der Waals surface area contributed by atoms with E-state index in [0.29, 0.717) is 0 Å². The van der Waals surface area contributed by atoms with E-state index in [0.717, 1.165) is 100 Å². The van der Waals surface area contributed by atoms with Gasteiger partial charge in [-0.25, -0.2) is 4.98 Å². The highest BCUT2D eigenvalue weighted by Crippen LogP contribution is 2.38. The Balaban J connectivity index is 1.07. The minimum Gasteiger partial charge on any atom is -0.255 e. The normalized spacial score (nSPS) is 11.2. The van der Waals surface area contributed by atoms with Crippen LogP contribution in [0.2, 0.25) is 0 Å². The Morgan fingerprint density at radius 3 is 1.43 bits per heavy atom. The van der Waals surface area contributed by atoms with Crippen molar-refractivity contribution in [2.24, 2.45) is 0 Å². The Morgan fingerprint density at radius 2 is 0.839 bits per heavy atom. The molecule has 6 aromatic heterocycles. The fraction of sp³-hybridized carbons (Fsp3) is 0. The molecule has 0 bridgehead atoms. The van der Waals surface area contributed by atoms with Crippen LogP contribution in [0.25, 0.3) is 100 Å². The molecular formula is C50H32N6. The smallest absolute Gasteiger partial charge is 0.0978 e. The first kappa shape index (κ1) is 32.9. The van der Waals surface area contributed by atoms with Gasteiger partial charge in [-0.05, 0) is 100 Å². The van der Waals surface area contributed by atoms with Crippen molar-refractivity contribution in [1.82, 2.24) is 29.9 Å². The second-order valence-electron chi connectivity index (χ2n) is 13.6. The highest BCUT2D eigenvalue weighted by atomic mass is 14.8. The standard InChI is InChI=1S/C50H32N6/c1-2-9-35(10-3-1)48-30-43(42-21-18-36-11-8-26-53-49(36)50(42)56-48)34-16-14-33(15-17-34)39-27-40(37-19-22-46(54-31-37)44-12-4-6-24-51-44)29-41(28-39)38-20-23-47(55-32-38)45-13-5-7-25-52-45/h1-32H. The van der Waals surface area contributed by atoms with Crippen LogP contribution in [-0.4, -0.2) is 29.9 Å². The third-order valence-electron chi connectivity index (χ3n) is 10.1. The van der Waals surface area contributed by atoms with Crippen LogP contribution in [0.15, 0.2) is 195 Å². The van der Waals surface area contributed by atoms with Crippen molar-refractivity contribution in [1.29, 1.82) is 0 Å². The van der Waals surface area contributed by atoms with E-state index in [1.54, 1.807) is 12.4 Å². The third-order valence-corrected chi connectivity index (χ3v) is 10.1. The van der Waals surface area contributed by atoms with Gasteiger partial charge in [-0.3, -0.25) is 24.9 Å². The molecule has 56 heavy (non-hydrogen) atoms. The van der Waals surface area contributed by atoms with Gasteiger partial charge in [0, 0.05) is 58.4 Å². The fourth-order valence-corrected chi connectivity index (χ4v) is 7.25. The zero-order valence-corrected chi connectivity index (χ0v) is 30.2. The molecule has 10 rings (SSSR count). The second-order valence-corrected chi connectivity index (χ2v) is 13.6. The van der Waals surface area contributed by atoms with Gasteiger partial charge in [0.1, 0.15) is 0 Å². The Morgan fingerprint density at radius 1 is 0.286 bits per heavy atom. The molecule has 0 N–H and O–H groups in total. The van der Waals surface area contributed by atoms with Crippen molar-refractivity contribution < 1.29 is 0 Å². The zero-order valence-electron chi connectivity index (χ0n) is 30.2. The van der Waals surface area contributed by atoms with Crippen LogP contribution >= 0.6 is 0 Å². The van der Waals surface area contributed by atoms with Gasteiger partial charge in [0.25, 0.3) is 0 Å². The molecule has 10 aromatic rings. The lowest BCUT2D eigenvalue weighted by molar-refractivity contribution is 1.25. The topological polar surface area (TPSA) is 77.3 Å². The van der Waals surface area contributed by atoms with Crippen molar-refractivity contribution >= 4 is 21.8 Å². The van der Waals surface area contributed by atoms with Crippen LogP contribution in [0, 0.1) is 0 Å². The highest BCUT2D eigenvalue weighted by Gasteiger charge is 2.15. The summed E-state index contributed by atoms with van der Waals surface area (Å²) in [6.07, 6.45) is 9.27. The molecule has 0 atom stereocenters. The van der Waals surface area contributed by atoms with Crippen molar-refractivity contribution in [3.05, 3.63) is 195 Å². The molecule has 0 aliphatic rings. The molecule has 0 spiro atoms. The predicted octanol–water partition coefficient (Wildman–Crippen LogP) is 12.0. The Kier molecular flexibility index (Phi) is 8.39. The molecule has 0 unspecified atom stereocenters. The summed E-state index contributed by atoms with van der Waals surface area (Å²) in [6, 6.07) is 56.4. The van der Waals surface area contributed by atoms with Crippen molar-refractivity contribution in [2.75, 3.05) is 0 Å². The first-order valence-electron chi connectivity index (χ1n) is 18.5. The molecule has 4 aromatic carbocycles. The maximum absolute atomic E-state index is 5.17. The molecule has 6 heterocycles. The number of benzene rings is 4. The zero-order chi connectivity index (χ0) is 37.3. The van der Waals surface area contributed by atoms with Crippen LogP contribution in [0.5, 0.6) is 0 Å². The second kappa shape index (κ2) is 14.3. The van der Waals surface area contributed by atoms with Gasteiger partial charge in [0.2, 0.25) is 0 Å². The van der Waals surface area contributed by atoms with E-state index < -0.39 is 0 Å². The first-order chi connectivity index (χ1) is 27.7. The minimum absolute atomic E-state index is 0.832. The summed E-state index contributed by atoms with van der Waals surface area (Å²) in [5.74, 6) is 0. The molecule has 6 nitrogen and oxygen atoms in total. The molecule has 0 radical (unpaired) electrons. The summed E-state index contributed by atoms with van der Waals surface area (Å²) < 4.78 is 0. The quantitative estimate of drug-likeness (QED) is 0.153. The van der Waals surface area contributed by atoms with E-state index in [1.807, 2.05) is 79.3 Å². The minimum atomic E-state index is 0.832. The van der Waals surface area contributed by atoms with Crippen LogP contribution < -0.4 is 0 Å². The summed E-state index contributed by atoms with van der Waals surface area (Å²) in [5.41, 5.74) is 15.7. The largest absolute Gasteiger partial charge is 0.255 e. The number of hydrogen-bond donors (Lipinski definition) is 0. The van der Waals surface area contributed by atoms with E-state index in [1.165, 1.54) is 0 Å². The third kappa shape index (κ3) is 6.35. The van der Waals surface area contributed by atoms with E-state index in [-0.39, 0.29) is 0 Å². The maximum Gasteiger partial charge on any atom is 0.0978 e. The van der Waals surface area contributed by atoms with Gasteiger partial charge in [0.15, 0.2) is 0 Å². The lowest BCUT2D eigenvalue weighted by Gasteiger charge is -2.14. The Hall–Kier alpha value is -7.70. The molecule has 0 amide bonds. The lowest BCUT2D eigenvalue weighted by Crippen LogP contribution is -1.93. The number of aromatic nitrogens is 6. The van der Waals surface area contributed by atoms with E-state index in [2.05, 4.69) is 113 Å². The number of pyridine rings is 6. The van der Waals surface area contributed by atoms with Crippen molar-refractivity contribution in [2.45, 2.75) is 0 Å². The first-order valence-corrected chi connectivity index (χ1v) is 18.5. The lowest BCUT2D eigenvalue weighted by atomic mass is 9.92. The van der Waals surface area contributed by atoms with Crippen molar-refractivity contribution in [3.63, 3.8) is 0 Å². The Labute approximate surface area is 324 Å². The fourth-order valence-electron chi connectivity index (χ4n) is 7.25. The van der Waals surface area contributed by atoms with Crippen LogP contribution in [0.4, 0.5) is 0 Å². The van der Waals surface area contributed by atoms with Crippen molar-refractivity contribution in [3.8, 4) is 78.5 Å². The number of rotatable bonds is 7. The van der Waals surface area contributed by atoms with Gasteiger partial charge in [-0.1, -0.05) is 97.1 Å². The van der Waals surface area contributed by atoms with Gasteiger partial charge in [0.05, 0.1) is 39.5 Å². The Bertz CT molecular complexity index is 2870. The van der Waals surface area contributed by atoms with E-state index >= 15 is 0 Å². The number of fused-ring (bicyclic) bond motifs is 3. The van der Waals surface area contributed by atoms with Gasteiger partial charge in [-0.2, -0.15) is 0 Å². The molecular weight excluding hydrogens is 685 g/mol. The summed E-state index contributed by atoms with van der Waals surface area (Å²) in [6.45, 7) is 0. The summed E-state index contributed by atoms with van der Waals surface area (Å²) in [5, 5.41) is 2.13. The summed E-state index contributed by atoms with van der Waals surface area (Å²) >= 11 is 0.